The quantitative estimate of drug-likeness (QED) is 0.791. The van der Waals surface area contributed by atoms with E-state index in [1.165, 1.54) is 0 Å². The monoisotopic (exact) mass is 188 g/mol. The lowest BCUT2D eigenvalue weighted by Crippen LogP contribution is -2.18. The van der Waals surface area contributed by atoms with Crippen LogP contribution in [0, 0.1) is 17.2 Å². The molecular weight excluding hydrogens is 172 g/mol. The molecule has 0 bridgehead atoms. The predicted molar refractivity (Wildman–Crippen MR) is 57.5 cm³/mol. The van der Waals surface area contributed by atoms with Gasteiger partial charge in [0.2, 0.25) is 0 Å². The van der Waals surface area contributed by atoms with Crippen molar-refractivity contribution in [2.45, 2.75) is 26.3 Å². The summed E-state index contributed by atoms with van der Waals surface area (Å²) in [7, 11) is 0. The van der Waals surface area contributed by atoms with Crippen LogP contribution in [0.15, 0.2) is 24.3 Å². The Balaban J connectivity index is 3.01. The first-order valence-corrected chi connectivity index (χ1v) is 4.87. The highest BCUT2D eigenvalue weighted by atomic mass is 14.6. The highest BCUT2D eigenvalue weighted by Gasteiger charge is 2.13. The summed E-state index contributed by atoms with van der Waals surface area (Å²) in [6, 6.07) is 10.1. The van der Waals surface area contributed by atoms with E-state index in [2.05, 4.69) is 19.9 Å². The van der Waals surface area contributed by atoms with E-state index in [9.17, 15) is 0 Å². The molecule has 2 N–H and O–H groups in total. The minimum absolute atomic E-state index is 0.0274. The van der Waals surface area contributed by atoms with E-state index in [0.29, 0.717) is 12.3 Å². The molecular formula is C12H16N2. The van der Waals surface area contributed by atoms with Crippen molar-refractivity contribution in [2.75, 3.05) is 0 Å². The Bertz CT molecular complexity index is 336. The van der Waals surface area contributed by atoms with Crippen molar-refractivity contribution in [2.24, 2.45) is 11.7 Å². The van der Waals surface area contributed by atoms with Crippen LogP contribution in [0.3, 0.4) is 0 Å². The molecule has 74 valence electrons. The fourth-order valence-electron chi connectivity index (χ4n) is 1.46. The zero-order valence-corrected chi connectivity index (χ0v) is 8.70. The minimum atomic E-state index is 0.0274. The summed E-state index contributed by atoms with van der Waals surface area (Å²) in [6.07, 6.45) is 0.441. The molecule has 2 nitrogen and oxygen atoms in total. The van der Waals surface area contributed by atoms with E-state index in [0.717, 1.165) is 11.1 Å². The van der Waals surface area contributed by atoms with Crippen LogP contribution in [0.2, 0.25) is 0 Å². The van der Waals surface area contributed by atoms with Crippen LogP contribution in [-0.2, 0) is 6.42 Å². The van der Waals surface area contributed by atoms with Crippen molar-refractivity contribution in [3.05, 3.63) is 35.4 Å². The zero-order chi connectivity index (χ0) is 10.6. The van der Waals surface area contributed by atoms with Crippen LogP contribution in [-0.4, -0.2) is 0 Å². The van der Waals surface area contributed by atoms with Gasteiger partial charge in [-0.2, -0.15) is 5.26 Å². The zero-order valence-electron chi connectivity index (χ0n) is 8.70. The topological polar surface area (TPSA) is 49.8 Å². The van der Waals surface area contributed by atoms with E-state index < -0.39 is 0 Å². The number of rotatable bonds is 3. The molecule has 0 aliphatic carbocycles. The molecule has 0 aliphatic heterocycles. The lowest BCUT2D eigenvalue weighted by Gasteiger charge is -2.18. The van der Waals surface area contributed by atoms with E-state index in [4.69, 9.17) is 11.0 Å². The van der Waals surface area contributed by atoms with Crippen molar-refractivity contribution >= 4 is 0 Å². The summed E-state index contributed by atoms with van der Waals surface area (Å²) in [4.78, 5) is 0. The molecule has 0 spiro atoms. The molecule has 1 aromatic carbocycles. The van der Waals surface area contributed by atoms with Gasteiger partial charge in [0.25, 0.3) is 0 Å². The van der Waals surface area contributed by atoms with E-state index in [1.54, 1.807) is 0 Å². The molecule has 1 rings (SSSR count). The molecule has 0 radical (unpaired) electrons. The SMILES string of the molecule is CC(C)[C@@H](N)c1ccccc1CC#N. The third-order valence-corrected chi connectivity index (χ3v) is 2.40. The van der Waals surface area contributed by atoms with Crippen molar-refractivity contribution in [3.8, 4) is 6.07 Å². The smallest absolute Gasteiger partial charge is 0.0669 e. The molecule has 0 aliphatic rings. The summed E-state index contributed by atoms with van der Waals surface area (Å²) in [5.41, 5.74) is 8.21. The van der Waals surface area contributed by atoms with Gasteiger partial charge in [0, 0.05) is 6.04 Å². The fourth-order valence-corrected chi connectivity index (χ4v) is 1.46. The molecule has 1 aromatic rings. The van der Waals surface area contributed by atoms with Gasteiger partial charge in [-0.25, -0.2) is 0 Å². The molecule has 0 saturated carbocycles. The maximum Gasteiger partial charge on any atom is 0.0669 e. The maximum absolute atomic E-state index is 8.67. The number of hydrogen-bond acceptors (Lipinski definition) is 2. The molecule has 1 atom stereocenters. The van der Waals surface area contributed by atoms with Gasteiger partial charge >= 0.3 is 0 Å². The second-order valence-corrected chi connectivity index (χ2v) is 3.80. The lowest BCUT2D eigenvalue weighted by molar-refractivity contribution is 0.511. The Morgan fingerprint density at radius 3 is 2.57 bits per heavy atom. The summed E-state index contributed by atoms with van der Waals surface area (Å²) < 4.78 is 0. The van der Waals surface area contributed by atoms with Gasteiger partial charge in [-0.1, -0.05) is 38.1 Å². The first-order valence-electron chi connectivity index (χ1n) is 4.87. The van der Waals surface area contributed by atoms with Crippen LogP contribution >= 0.6 is 0 Å². The van der Waals surface area contributed by atoms with Gasteiger partial charge in [-0.05, 0) is 17.0 Å². The number of benzene rings is 1. The molecule has 0 amide bonds. The van der Waals surface area contributed by atoms with Gasteiger partial charge in [-0.15, -0.1) is 0 Å². The fraction of sp³-hybridized carbons (Fsp3) is 0.417. The van der Waals surface area contributed by atoms with Crippen LogP contribution in [0.1, 0.15) is 31.0 Å². The van der Waals surface area contributed by atoms with E-state index >= 15 is 0 Å². The molecule has 0 heterocycles. The highest BCUT2D eigenvalue weighted by molar-refractivity contribution is 5.32. The average molecular weight is 188 g/mol. The third-order valence-electron chi connectivity index (χ3n) is 2.40. The van der Waals surface area contributed by atoms with Gasteiger partial charge < -0.3 is 5.73 Å². The lowest BCUT2D eigenvalue weighted by atomic mass is 9.92. The number of hydrogen-bond donors (Lipinski definition) is 1. The Labute approximate surface area is 85.4 Å². The van der Waals surface area contributed by atoms with Crippen molar-refractivity contribution < 1.29 is 0 Å². The van der Waals surface area contributed by atoms with E-state index in [-0.39, 0.29) is 6.04 Å². The van der Waals surface area contributed by atoms with Crippen LogP contribution < -0.4 is 5.73 Å². The second kappa shape index (κ2) is 4.78. The minimum Gasteiger partial charge on any atom is -0.324 e. The normalized spacial score (nSPS) is 12.5. The molecule has 0 saturated heterocycles. The summed E-state index contributed by atoms with van der Waals surface area (Å²) in [6.45, 7) is 4.18. The standard InChI is InChI=1S/C12H16N2/c1-9(2)12(14)11-6-4-3-5-10(11)7-8-13/h3-6,9,12H,7,14H2,1-2H3/t12-/m1/s1. The van der Waals surface area contributed by atoms with Gasteiger partial charge in [0.05, 0.1) is 12.5 Å². The number of nitriles is 1. The molecule has 2 heteroatoms. The van der Waals surface area contributed by atoms with E-state index in [1.807, 2.05) is 24.3 Å². The van der Waals surface area contributed by atoms with Crippen molar-refractivity contribution in [3.63, 3.8) is 0 Å². The third kappa shape index (κ3) is 2.34. The molecule has 0 fully saturated rings. The summed E-state index contributed by atoms with van der Waals surface area (Å²) in [5, 5.41) is 8.67. The van der Waals surface area contributed by atoms with Crippen molar-refractivity contribution in [1.82, 2.24) is 0 Å². The molecule has 0 aromatic heterocycles. The predicted octanol–water partition coefficient (Wildman–Crippen LogP) is 2.41. The number of nitrogens with two attached hydrogens (primary N) is 1. The van der Waals surface area contributed by atoms with Crippen LogP contribution in [0.25, 0.3) is 0 Å². The second-order valence-electron chi connectivity index (χ2n) is 3.80. The highest BCUT2D eigenvalue weighted by Crippen LogP contribution is 2.22. The van der Waals surface area contributed by atoms with Crippen molar-refractivity contribution in [1.29, 1.82) is 5.26 Å². The van der Waals surface area contributed by atoms with Gasteiger partial charge in [-0.3, -0.25) is 0 Å². The molecule has 0 unspecified atom stereocenters. The molecule has 14 heavy (non-hydrogen) atoms. The Morgan fingerprint density at radius 2 is 2.00 bits per heavy atom. The Hall–Kier alpha value is -1.33. The van der Waals surface area contributed by atoms with Gasteiger partial charge in [0.1, 0.15) is 0 Å². The average Bonchev–Trinajstić information content (AvgIpc) is 2.18. The Morgan fingerprint density at radius 1 is 1.36 bits per heavy atom. The first kappa shape index (κ1) is 10.7. The van der Waals surface area contributed by atoms with Crippen LogP contribution in [0.4, 0.5) is 0 Å². The van der Waals surface area contributed by atoms with Crippen LogP contribution in [0.5, 0.6) is 0 Å². The van der Waals surface area contributed by atoms with Gasteiger partial charge in [0.15, 0.2) is 0 Å². The Kier molecular flexibility index (Phi) is 3.67. The summed E-state index contributed by atoms with van der Waals surface area (Å²) >= 11 is 0. The first-order chi connectivity index (χ1) is 6.66. The number of nitrogens with zero attached hydrogens (tertiary/aromatic N) is 1. The summed E-state index contributed by atoms with van der Waals surface area (Å²) in [5.74, 6) is 0.398. The largest absolute Gasteiger partial charge is 0.324 e. The maximum atomic E-state index is 8.67.